The number of ether oxygens (including phenoxy) is 1. The van der Waals surface area contributed by atoms with Gasteiger partial charge in [0, 0.05) is 17.7 Å². The lowest BCUT2D eigenvalue weighted by Crippen LogP contribution is -2.20. The van der Waals surface area contributed by atoms with E-state index in [0.717, 1.165) is 0 Å². The fourth-order valence-corrected chi connectivity index (χ4v) is 2.96. The second kappa shape index (κ2) is 7.32. The third-order valence-corrected chi connectivity index (χ3v) is 4.23. The number of non-ortho nitro benzene ring substituents is 1. The second-order valence-electron chi connectivity index (χ2n) is 6.06. The van der Waals surface area contributed by atoms with Crippen molar-refractivity contribution >= 4 is 22.6 Å². The Morgan fingerprint density at radius 3 is 2.54 bits per heavy atom. The molecule has 28 heavy (non-hydrogen) atoms. The highest BCUT2D eigenvalue weighted by Gasteiger charge is 2.20. The van der Waals surface area contributed by atoms with Crippen LogP contribution in [-0.2, 0) is 0 Å². The standard InChI is InChI=1S/C21H15N3O4/c25-20(14-28-17-9-2-1-3-10-17)23-19-12-5-4-11-18(19)22-21(23)15-7-6-8-16(13-15)24(26)27/h1-13H,14H2. The van der Waals surface area contributed by atoms with E-state index in [-0.39, 0.29) is 18.2 Å². The van der Waals surface area contributed by atoms with Crippen molar-refractivity contribution in [2.75, 3.05) is 6.61 Å². The summed E-state index contributed by atoms with van der Waals surface area (Å²) >= 11 is 0. The van der Waals surface area contributed by atoms with Crippen LogP contribution in [-0.4, -0.2) is 27.0 Å². The molecule has 0 N–H and O–H groups in total. The molecule has 0 fully saturated rings. The molecule has 0 radical (unpaired) electrons. The molecule has 0 saturated heterocycles. The van der Waals surface area contributed by atoms with Crippen LogP contribution < -0.4 is 4.74 Å². The average molecular weight is 373 g/mol. The van der Waals surface area contributed by atoms with Gasteiger partial charge in [-0.1, -0.05) is 42.5 Å². The maximum atomic E-state index is 13.0. The molecule has 0 aliphatic carbocycles. The third-order valence-electron chi connectivity index (χ3n) is 4.23. The summed E-state index contributed by atoms with van der Waals surface area (Å²) in [5.41, 5.74) is 1.66. The average Bonchev–Trinajstić information content (AvgIpc) is 3.12. The fraction of sp³-hybridized carbons (Fsp3) is 0.0476. The first-order chi connectivity index (χ1) is 13.6. The molecule has 7 heteroatoms. The molecule has 1 heterocycles. The van der Waals surface area contributed by atoms with Gasteiger partial charge in [0.1, 0.15) is 11.6 Å². The van der Waals surface area contributed by atoms with Gasteiger partial charge in [0.2, 0.25) is 0 Å². The van der Waals surface area contributed by atoms with Gasteiger partial charge in [0.25, 0.3) is 11.6 Å². The van der Waals surface area contributed by atoms with Crippen molar-refractivity contribution in [3.63, 3.8) is 0 Å². The topological polar surface area (TPSA) is 87.3 Å². The van der Waals surface area contributed by atoms with Crippen molar-refractivity contribution in [3.8, 4) is 17.1 Å². The monoisotopic (exact) mass is 373 g/mol. The predicted molar refractivity (Wildman–Crippen MR) is 104 cm³/mol. The SMILES string of the molecule is O=C(COc1ccccc1)n1c(-c2cccc([N+](=O)[O-])c2)nc2ccccc21. The lowest BCUT2D eigenvalue weighted by Gasteiger charge is -2.09. The Morgan fingerprint density at radius 2 is 1.75 bits per heavy atom. The lowest BCUT2D eigenvalue weighted by molar-refractivity contribution is -0.384. The number of para-hydroxylation sites is 3. The Hall–Kier alpha value is -4.00. The van der Waals surface area contributed by atoms with Crippen LogP contribution in [0.25, 0.3) is 22.4 Å². The minimum Gasteiger partial charge on any atom is -0.484 e. The van der Waals surface area contributed by atoms with Crippen LogP contribution >= 0.6 is 0 Å². The zero-order valence-corrected chi connectivity index (χ0v) is 14.7. The van der Waals surface area contributed by atoms with Crippen LogP contribution in [0.4, 0.5) is 5.69 Å². The number of nitro benzene ring substituents is 1. The highest BCUT2D eigenvalue weighted by atomic mass is 16.6. The number of nitrogens with zero attached hydrogens (tertiary/aromatic N) is 3. The van der Waals surface area contributed by atoms with Gasteiger partial charge in [-0.2, -0.15) is 0 Å². The van der Waals surface area contributed by atoms with Gasteiger partial charge in [-0.3, -0.25) is 19.5 Å². The third kappa shape index (κ3) is 3.33. The Labute approximate surface area is 160 Å². The molecule has 0 atom stereocenters. The van der Waals surface area contributed by atoms with E-state index in [1.54, 1.807) is 36.4 Å². The Morgan fingerprint density at radius 1 is 1.00 bits per heavy atom. The van der Waals surface area contributed by atoms with Crippen LogP contribution in [0.5, 0.6) is 5.75 Å². The summed E-state index contributed by atoms with van der Waals surface area (Å²) in [5, 5.41) is 11.1. The minimum absolute atomic E-state index is 0.0657. The molecule has 0 spiro atoms. The van der Waals surface area contributed by atoms with Crippen LogP contribution in [0.3, 0.4) is 0 Å². The molecule has 0 unspecified atom stereocenters. The molecular weight excluding hydrogens is 358 g/mol. The number of imidazole rings is 1. The van der Waals surface area contributed by atoms with E-state index in [2.05, 4.69) is 4.98 Å². The van der Waals surface area contributed by atoms with Crippen molar-refractivity contribution in [1.29, 1.82) is 0 Å². The van der Waals surface area contributed by atoms with Crippen molar-refractivity contribution < 1.29 is 14.5 Å². The summed E-state index contributed by atoms with van der Waals surface area (Å²) in [6, 6.07) is 22.3. The number of carbonyl (C=O) groups excluding carboxylic acids is 1. The number of benzene rings is 3. The number of rotatable bonds is 5. The van der Waals surface area contributed by atoms with Gasteiger partial charge >= 0.3 is 0 Å². The quantitative estimate of drug-likeness (QED) is 0.384. The van der Waals surface area contributed by atoms with Crippen molar-refractivity contribution in [2.45, 2.75) is 0 Å². The zero-order valence-electron chi connectivity index (χ0n) is 14.7. The molecule has 4 aromatic rings. The number of hydrogen-bond acceptors (Lipinski definition) is 5. The highest BCUT2D eigenvalue weighted by Crippen LogP contribution is 2.27. The van der Waals surface area contributed by atoms with E-state index < -0.39 is 4.92 Å². The van der Waals surface area contributed by atoms with Crippen molar-refractivity contribution in [2.24, 2.45) is 0 Å². The normalized spacial score (nSPS) is 10.7. The smallest absolute Gasteiger partial charge is 0.270 e. The van der Waals surface area contributed by atoms with Gasteiger partial charge < -0.3 is 4.74 Å². The summed E-state index contributed by atoms with van der Waals surface area (Å²) in [6.45, 7) is -0.188. The van der Waals surface area contributed by atoms with Gasteiger partial charge in [-0.25, -0.2) is 4.98 Å². The highest BCUT2D eigenvalue weighted by molar-refractivity contribution is 5.95. The van der Waals surface area contributed by atoms with Gasteiger partial charge in [-0.15, -0.1) is 0 Å². The van der Waals surface area contributed by atoms with Crippen molar-refractivity contribution in [1.82, 2.24) is 9.55 Å². The van der Waals surface area contributed by atoms with Gasteiger partial charge in [0.05, 0.1) is 16.0 Å². The molecule has 0 saturated carbocycles. The summed E-state index contributed by atoms with van der Waals surface area (Å²) in [6.07, 6.45) is 0. The summed E-state index contributed by atoms with van der Waals surface area (Å²) in [4.78, 5) is 28.1. The molecule has 0 amide bonds. The molecule has 0 aliphatic rings. The largest absolute Gasteiger partial charge is 0.484 e. The number of hydrogen-bond donors (Lipinski definition) is 0. The van der Waals surface area contributed by atoms with E-state index in [9.17, 15) is 14.9 Å². The van der Waals surface area contributed by atoms with E-state index >= 15 is 0 Å². The Balaban J connectivity index is 1.76. The van der Waals surface area contributed by atoms with E-state index in [1.807, 2.05) is 30.3 Å². The maximum absolute atomic E-state index is 13.0. The van der Waals surface area contributed by atoms with Crippen LogP contribution in [0, 0.1) is 10.1 Å². The maximum Gasteiger partial charge on any atom is 0.270 e. The summed E-state index contributed by atoms with van der Waals surface area (Å²) < 4.78 is 7.03. The first-order valence-electron chi connectivity index (χ1n) is 8.57. The van der Waals surface area contributed by atoms with Crippen LogP contribution in [0.15, 0.2) is 78.9 Å². The molecule has 1 aromatic heterocycles. The predicted octanol–water partition coefficient (Wildman–Crippen LogP) is 4.33. The Bertz CT molecular complexity index is 1170. The van der Waals surface area contributed by atoms with Gasteiger partial charge in [0.15, 0.2) is 6.61 Å². The summed E-state index contributed by atoms with van der Waals surface area (Å²) in [5.74, 6) is 0.600. The molecule has 3 aromatic carbocycles. The molecular formula is C21H15N3O4. The Kier molecular flexibility index (Phi) is 4.55. The van der Waals surface area contributed by atoms with E-state index in [1.165, 1.54) is 16.7 Å². The first-order valence-corrected chi connectivity index (χ1v) is 8.57. The summed E-state index contributed by atoms with van der Waals surface area (Å²) in [7, 11) is 0. The molecule has 4 rings (SSSR count). The number of carbonyl (C=O) groups is 1. The van der Waals surface area contributed by atoms with E-state index in [0.29, 0.717) is 28.2 Å². The lowest BCUT2D eigenvalue weighted by atomic mass is 10.2. The second-order valence-corrected chi connectivity index (χ2v) is 6.06. The van der Waals surface area contributed by atoms with E-state index in [4.69, 9.17) is 4.74 Å². The fourth-order valence-electron chi connectivity index (χ4n) is 2.96. The minimum atomic E-state index is -0.475. The number of aromatic nitrogens is 2. The zero-order chi connectivity index (χ0) is 19.5. The number of nitro groups is 1. The molecule has 7 nitrogen and oxygen atoms in total. The molecule has 0 bridgehead atoms. The number of fused-ring (bicyclic) bond motifs is 1. The van der Waals surface area contributed by atoms with Crippen LogP contribution in [0.1, 0.15) is 4.79 Å². The first kappa shape index (κ1) is 17.4. The van der Waals surface area contributed by atoms with Gasteiger partial charge in [-0.05, 0) is 24.3 Å². The van der Waals surface area contributed by atoms with Crippen LogP contribution in [0.2, 0.25) is 0 Å². The molecule has 0 aliphatic heterocycles. The van der Waals surface area contributed by atoms with Crippen molar-refractivity contribution in [3.05, 3.63) is 89.0 Å². The molecule has 138 valence electrons.